The highest BCUT2D eigenvalue weighted by molar-refractivity contribution is 5.77. The molecule has 0 bridgehead atoms. The molecule has 0 aliphatic heterocycles. The zero-order chi connectivity index (χ0) is 8.97. The molecular formula is C8H17N3O. The highest BCUT2D eigenvalue weighted by Gasteiger charge is 2.19. The molecule has 1 saturated carbocycles. The number of guanidine groups is 1. The first-order valence-corrected chi connectivity index (χ1v) is 4.46. The van der Waals surface area contributed by atoms with Gasteiger partial charge in [-0.1, -0.05) is 24.4 Å². The normalized spacial score (nSPS) is 20.9. The van der Waals surface area contributed by atoms with Crippen LogP contribution in [-0.2, 0) is 0 Å². The molecule has 0 saturated heterocycles. The van der Waals surface area contributed by atoms with Crippen LogP contribution in [0.3, 0.4) is 0 Å². The van der Waals surface area contributed by atoms with Crippen molar-refractivity contribution < 1.29 is 5.21 Å². The van der Waals surface area contributed by atoms with Crippen LogP contribution >= 0.6 is 0 Å². The summed E-state index contributed by atoms with van der Waals surface area (Å²) in [5, 5.41) is 11.4. The van der Waals surface area contributed by atoms with Crippen LogP contribution in [0.4, 0.5) is 0 Å². The maximum absolute atomic E-state index is 8.46. The van der Waals surface area contributed by atoms with Gasteiger partial charge in [0.05, 0.1) is 0 Å². The molecule has 0 aromatic heterocycles. The lowest BCUT2D eigenvalue weighted by Gasteiger charge is -2.31. The SMILES string of the molecule is CN(/C(N)=N/O)C1CCCCC1. The fourth-order valence-corrected chi connectivity index (χ4v) is 1.73. The van der Waals surface area contributed by atoms with Crippen molar-refractivity contribution in [2.24, 2.45) is 10.9 Å². The van der Waals surface area contributed by atoms with Crippen LogP contribution < -0.4 is 5.73 Å². The van der Waals surface area contributed by atoms with Gasteiger partial charge in [0.15, 0.2) is 0 Å². The molecule has 70 valence electrons. The van der Waals surface area contributed by atoms with E-state index in [0.717, 1.165) is 12.8 Å². The van der Waals surface area contributed by atoms with Gasteiger partial charge in [-0.25, -0.2) is 0 Å². The quantitative estimate of drug-likeness (QED) is 0.267. The van der Waals surface area contributed by atoms with Crippen LogP contribution in [0, 0.1) is 0 Å². The highest BCUT2D eigenvalue weighted by atomic mass is 16.4. The first-order valence-electron chi connectivity index (χ1n) is 4.46. The average molecular weight is 171 g/mol. The molecule has 12 heavy (non-hydrogen) atoms. The van der Waals surface area contributed by atoms with E-state index in [1.54, 1.807) is 0 Å². The zero-order valence-electron chi connectivity index (χ0n) is 7.53. The molecule has 0 radical (unpaired) electrons. The van der Waals surface area contributed by atoms with Crippen LogP contribution in [0.5, 0.6) is 0 Å². The van der Waals surface area contributed by atoms with E-state index in [9.17, 15) is 0 Å². The maximum Gasteiger partial charge on any atom is 0.233 e. The van der Waals surface area contributed by atoms with Crippen LogP contribution in [0.1, 0.15) is 32.1 Å². The first kappa shape index (κ1) is 9.16. The molecule has 0 heterocycles. The molecule has 0 aromatic carbocycles. The van der Waals surface area contributed by atoms with E-state index >= 15 is 0 Å². The van der Waals surface area contributed by atoms with E-state index in [1.807, 2.05) is 11.9 Å². The van der Waals surface area contributed by atoms with Crippen LogP contribution in [-0.4, -0.2) is 29.2 Å². The Hall–Kier alpha value is -0.930. The Morgan fingerprint density at radius 3 is 2.50 bits per heavy atom. The average Bonchev–Trinajstić information content (AvgIpc) is 2.17. The van der Waals surface area contributed by atoms with Crippen LogP contribution in [0.2, 0.25) is 0 Å². The minimum absolute atomic E-state index is 0.224. The molecule has 0 aromatic rings. The third-order valence-corrected chi connectivity index (χ3v) is 2.59. The van der Waals surface area contributed by atoms with Gasteiger partial charge < -0.3 is 15.8 Å². The fourth-order valence-electron chi connectivity index (χ4n) is 1.73. The van der Waals surface area contributed by atoms with Gasteiger partial charge in [-0.15, -0.1) is 0 Å². The van der Waals surface area contributed by atoms with Crippen molar-refractivity contribution >= 4 is 5.96 Å². The van der Waals surface area contributed by atoms with Gasteiger partial charge in [0.2, 0.25) is 5.96 Å². The van der Waals surface area contributed by atoms with Crippen molar-refractivity contribution in [3.8, 4) is 0 Å². The van der Waals surface area contributed by atoms with Crippen LogP contribution in [0.25, 0.3) is 0 Å². The molecular weight excluding hydrogens is 154 g/mol. The van der Waals surface area contributed by atoms with Gasteiger partial charge in [-0.3, -0.25) is 0 Å². The molecule has 1 fully saturated rings. The van der Waals surface area contributed by atoms with Crippen LogP contribution in [0.15, 0.2) is 5.16 Å². The first-order chi connectivity index (χ1) is 5.75. The molecule has 1 aliphatic carbocycles. The Morgan fingerprint density at radius 1 is 1.42 bits per heavy atom. The fraction of sp³-hybridized carbons (Fsp3) is 0.875. The number of nitrogens with zero attached hydrogens (tertiary/aromatic N) is 2. The summed E-state index contributed by atoms with van der Waals surface area (Å²) in [5.74, 6) is 0.224. The molecule has 4 nitrogen and oxygen atoms in total. The summed E-state index contributed by atoms with van der Waals surface area (Å²) < 4.78 is 0. The third-order valence-electron chi connectivity index (χ3n) is 2.59. The molecule has 4 heteroatoms. The largest absolute Gasteiger partial charge is 0.408 e. The second-order valence-electron chi connectivity index (χ2n) is 3.36. The Kier molecular flexibility index (Phi) is 3.19. The number of hydrogen-bond acceptors (Lipinski definition) is 2. The summed E-state index contributed by atoms with van der Waals surface area (Å²) >= 11 is 0. The molecule has 1 rings (SSSR count). The summed E-state index contributed by atoms with van der Waals surface area (Å²) in [5.41, 5.74) is 5.47. The van der Waals surface area contributed by atoms with Gasteiger partial charge in [-0.2, -0.15) is 0 Å². The predicted octanol–water partition coefficient (Wildman–Crippen LogP) is 0.955. The Morgan fingerprint density at radius 2 is 2.00 bits per heavy atom. The molecule has 0 amide bonds. The number of hydrogen-bond donors (Lipinski definition) is 2. The number of oxime groups is 1. The second-order valence-corrected chi connectivity index (χ2v) is 3.36. The topological polar surface area (TPSA) is 61.8 Å². The van der Waals surface area contributed by atoms with Gasteiger partial charge in [-0.05, 0) is 12.8 Å². The van der Waals surface area contributed by atoms with Crippen molar-refractivity contribution in [3.63, 3.8) is 0 Å². The zero-order valence-corrected chi connectivity index (χ0v) is 7.53. The maximum atomic E-state index is 8.46. The summed E-state index contributed by atoms with van der Waals surface area (Å²) in [7, 11) is 1.88. The summed E-state index contributed by atoms with van der Waals surface area (Å²) in [6.07, 6.45) is 6.15. The lowest BCUT2D eigenvalue weighted by Crippen LogP contribution is -2.42. The Labute approximate surface area is 73.0 Å². The Balaban J connectivity index is 2.44. The molecule has 3 N–H and O–H groups in total. The van der Waals surface area contributed by atoms with E-state index < -0.39 is 0 Å². The lowest BCUT2D eigenvalue weighted by atomic mass is 9.95. The number of nitrogens with two attached hydrogens (primary N) is 1. The molecule has 1 aliphatic rings. The number of rotatable bonds is 1. The smallest absolute Gasteiger partial charge is 0.233 e. The van der Waals surface area contributed by atoms with Crippen molar-refractivity contribution in [1.29, 1.82) is 0 Å². The summed E-state index contributed by atoms with van der Waals surface area (Å²) in [6, 6.07) is 0.467. The van der Waals surface area contributed by atoms with Crippen molar-refractivity contribution in [1.82, 2.24) is 4.90 Å². The Bertz CT molecular complexity index is 164. The predicted molar refractivity (Wildman–Crippen MR) is 48.0 cm³/mol. The van der Waals surface area contributed by atoms with Crippen molar-refractivity contribution in [2.45, 2.75) is 38.1 Å². The van der Waals surface area contributed by atoms with E-state index in [2.05, 4.69) is 5.16 Å². The minimum Gasteiger partial charge on any atom is -0.408 e. The van der Waals surface area contributed by atoms with E-state index in [-0.39, 0.29) is 5.96 Å². The summed E-state index contributed by atoms with van der Waals surface area (Å²) in [6.45, 7) is 0. The second kappa shape index (κ2) is 4.18. The van der Waals surface area contributed by atoms with Gasteiger partial charge in [0, 0.05) is 13.1 Å². The summed E-state index contributed by atoms with van der Waals surface area (Å²) in [4.78, 5) is 1.86. The van der Waals surface area contributed by atoms with E-state index in [4.69, 9.17) is 10.9 Å². The van der Waals surface area contributed by atoms with E-state index in [0.29, 0.717) is 6.04 Å². The van der Waals surface area contributed by atoms with Crippen molar-refractivity contribution in [2.75, 3.05) is 7.05 Å². The van der Waals surface area contributed by atoms with Gasteiger partial charge >= 0.3 is 0 Å². The van der Waals surface area contributed by atoms with Crippen molar-refractivity contribution in [3.05, 3.63) is 0 Å². The highest BCUT2D eigenvalue weighted by Crippen LogP contribution is 2.21. The molecule has 0 atom stereocenters. The molecule has 0 spiro atoms. The van der Waals surface area contributed by atoms with E-state index in [1.165, 1.54) is 19.3 Å². The monoisotopic (exact) mass is 171 g/mol. The third kappa shape index (κ3) is 2.03. The standard InChI is InChI=1S/C8H17N3O/c1-11(8(9)10-12)7-5-3-2-4-6-7/h7,12H,2-6H2,1H3,(H2,9,10). The molecule has 0 unspecified atom stereocenters. The van der Waals surface area contributed by atoms with Gasteiger partial charge in [0.1, 0.15) is 0 Å². The van der Waals surface area contributed by atoms with Gasteiger partial charge in [0.25, 0.3) is 0 Å². The lowest BCUT2D eigenvalue weighted by molar-refractivity contribution is 0.253. The minimum atomic E-state index is 0.224.